The summed E-state index contributed by atoms with van der Waals surface area (Å²) in [6.07, 6.45) is 0. The second kappa shape index (κ2) is 4.23. The highest BCUT2D eigenvalue weighted by Crippen LogP contribution is 2.41. The SMILES string of the molecule is O=C1N[C@@](O)(c2ccccc2)c2cc3c(cc21)OCCO3. The van der Waals surface area contributed by atoms with Crippen LogP contribution in [-0.2, 0) is 5.72 Å². The van der Waals surface area contributed by atoms with Crippen molar-refractivity contribution in [1.29, 1.82) is 0 Å². The average Bonchev–Trinajstić information content (AvgIpc) is 2.78. The fraction of sp³-hybridized carbons (Fsp3) is 0.188. The number of nitrogens with one attached hydrogen (secondary N) is 1. The summed E-state index contributed by atoms with van der Waals surface area (Å²) in [6.45, 7) is 0.910. The van der Waals surface area contributed by atoms with E-state index in [4.69, 9.17) is 9.47 Å². The van der Waals surface area contributed by atoms with Crippen molar-refractivity contribution in [3.8, 4) is 11.5 Å². The minimum absolute atomic E-state index is 0.326. The van der Waals surface area contributed by atoms with E-state index in [1.807, 2.05) is 18.2 Å². The molecule has 2 aliphatic rings. The molecule has 0 aliphatic carbocycles. The Bertz CT molecular complexity index is 729. The maximum atomic E-state index is 12.2. The number of hydrogen-bond acceptors (Lipinski definition) is 4. The van der Waals surface area contributed by atoms with Gasteiger partial charge in [0.1, 0.15) is 13.2 Å². The summed E-state index contributed by atoms with van der Waals surface area (Å²) in [7, 11) is 0. The van der Waals surface area contributed by atoms with Gasteiger partial charge in [-0.2, -0.15) is 0 Å². The van der Waals surface area contributed by atoms with Crippen molar-refractivity contribution < 1.29 is 19.4 Å². The largest absolute Gasteiger partial charge is 0.486 e. The molecule has 0 aromatic heterocycles. The van der Waals surface area contributed by atoms with Gasteiger partial charge in [0, 0.05) is 11.1 Å². The lowest BCUT2D eigenvalue weighted by molar-refractivity contribution is 0.0473. The fourth-order valence-electron chi connectivity index (χ4n) is 2.78. The van der Waals surface area contributed by atoms with E-state index in [2.05, 4.69) is 5.32 Å². The van der Waals surface area contributed by atoms with Crippen LogP contribution in [0.25, 0.3) is 0 Å². The number of carbonyl (C=O) groups is 1. The molecule has 0 saturated carbocycles. The molecular weight excluding hydrogens is 270 g/mol. The molecule has 106 valence electrons. The molecule has 5 heteroatoms. The summed E-state index contributed by atoms with van der Waals surface area (Å²) < 4.78 is 11.0. The number of aliphatic hydroxyl groups is 1. The number of hydrogen-bond donors (Lipinski definition) is 2. The molecule has 2 aliphatic heterocycles. The Hall–Kier alpha value is -2.53. The summed E-state index contributed by atoms with van der Waals surface area (Å²) in [4.78, 5) is 12.2. The summed E-state index contributed by atoms with van der Waals surface area (Å²) in [5.41, 5.74) is -0.0360. The van der Waals surface area contributed by atoms with Gasteiger partial charge in [-0.25, -0.2) is 0 Å². The highest BCUT2D eigenvalue weighted by atomic mass is 16.6. The van der Waals surface area contributed by atoms with Crippen molar-refractivity contribution in [2.45, 2.75) is 5.72 Å². The first-order valence-electron chi connectivity index (χ1n) is 6.73. The second-order valence-electron chi connectivity index (χ2n) is 5.07. The van der Waals surface area contributed by atoms with Crippen LogP contribution in [0.15, 0.2) is 42.5 Å². The van der Waals surface area contributed by atoms with Crippen LogP contribution in [0.4, 0.5) is 0 Å². The van der Waals surface area contributed by atoms with Crippen molar-refractivity contribution in [3.63, 3.8) is 0 Å². The van der Waals surface area contributed by atoms with E-state index >= 15 is 0 Å². The van der Waals surface area contributed by atoms with E-state index in [-0.39, 0.29) is 5.91 Å². The number of rotatable bonds is 1. The topological polar surface area (TPSA) is 67.8 Å². The third-order valence-electron chi connectivity index (χ3n) is 3.80. The molecule has 2 aromatic rings. The average molecular weight is 283 g/mol. The van der Waals surface area contributed by atoms with Gasteiger partial charge in [0.25, 0.3) is 5.91 Å². The Morgan fingerprint density at radius 2 is 1.71 bits per heavy atom. The lowest BCUT2D eigenvalue weighted by Crippen LogP contribution is -2.40. The molecule has 2 aromatic carbocycles. The third kappa shape index (κ3) is 1.71. The van der Waals surface area contributed by atoms with Crippen LogP contribution in [0.2, 0.25) is 0 Å². The number of fused-ring (bicyclic) bond motifs is 2. The number of ether oxygens (including phenoxy) is 2. The molecule has 21 heavy (non-hydrogen) atoms. The lowest BCUT2D eigenvalue weighted by Gasteiger charge is -2.26. The van der Waals surface area contributed by atoms with E-state index in [0.29, 0.717) is 41.4 Å². The predicted octanol–water partition coefficient (Wildman–Crippen LogP) is 1.39. The van der Waals surface area contributed by atoms with Crippen molar-refractivity contribution >= 4 is 5.91 Å². The van der Waals surface area contributed by atoms with Gasteiger partial charge in [0.15, 0.2) is 17.2 Å². The van der Waals surface area contributed by atoms with Gasteiger partial charge in [-0.3, -0.25) is 4.79 Å². The molecule has 2 N–H and O–H groups in total. The zero-order valence-electron chi connectivity index (χ0n) is 11.1. The number of amides is 1. The van der Waals surface area contributed by atoms with E-state index in [1.165, 1.54) is 0 Å². The van der Waals surface area contributed by atoms with Crippen LogP contribution < -0.4 is 14.8 Å². The Balaban J connectivity index is 1.91. The zero-order chi connectivity index (χ0) is 14.4. The molecule has 1 atom stereocenters. The summed E-state index contributed by atoms with van der Waals surface area (Å²) in [5.74, 6) is 0.756. The van der Waals surface area contributed by atoms with Gasteiger partial charge in [0.05, 0.1) is 5.56 Å². The maximum Gasteiger partial charge on any atom is 0.254 e. The van der Waals surface area contributed by atoms with Gasteiger partial charge in [-0.15, -0.1) is 0 Å². The van der Waals surface area contributed by atoms with Crippen molar-refractivity contribution in [1.82, 2.24) is 5.32 Å². The van der Waals surface area contributed by atoms with Crippen molar-refractivity contribution in [2.24, 2.45) is 0 Å². The minimum Gasteiger partial charge on any atom is -0.486 e. The van der Waals surface area contributed by atoms with Crippen molar-refractivity contribution in [2.75, 3.05) is 13.2 Å². The van der Waals surface area contributed by atoms with Crippen LogP contribution >= 0.6 is 0 Å². The Morgan fingerprint density at radius 3 is 2.43 bits per heavy atom. The van der Waals surface area contributed by atoms with Gasteiger partial charge < -0.3 is 19.9 Å². The Labute approximate surface area is 121 Å². The summed E-state index contributed by atoms with van der Waals surface area (Å²) >= 11 is 0. The molecule has 0 unspecified atom stereocenters. The molecule has 0 spiro atoms. The normalized spacial score (nSPS) is 22.6. The van der Waals surface area contributed by atoms with Gasteiger partial charge in [-0.1, -0.05) is 30.3 Å². The molecule has 2 heterocycles. The van der Waals surface area contributed by atoms with Crippen LogP contribution in [0.1, 0.15) is 21.5 Å². The van der Waals surface area contributed by atoms with E-state index in [1.54, 1.807) is 24.3 Å². The van der Waals surface area contributed by atoms with Crippen LogP contribution in [-0.4, -0.2) is 24.2 Å². The number of carbonyl (C=O) groups excluding carboxylic acids is 1. The Morgan fingerprint density at radius 1 is 1.05 bits per heavy atom. The highest BCUT2D eigenvalue weighted by molar-refractivity contribution is 6.01. The Kier molecular flexibility index (Phi) is 2.46. The molecule has 0 saturated heterocycles. The quantitative estimate of drug-likeness (QED) is 0.830. The first-order chi connectivity index (χ1) is 10.2. The summed E-state index contributed by atoms with van der Waals surface area (Å²) in [6, 6.07) is 12.3. The van der Waals surface area contributed by atoms with E-state index < -0.39 is 5.72 Å². The molecule has 5 nitrogen and oxygen atoms in total. The summed E-state index contributed by atoms with van der Waals surface area (Å²) in [5, 5.41) is 13.6. The zero-order valence-corrected chi connectivity index (χ0v) is 11.1. The molecule has 1 amide bonds. The fourth-order valence-corrected chi connectivity index (χ4v) is 2.78. The minimum atomic E-state index is -1.54. The van der Waals surface area contributed by atoms with Gasteiger partial charge in [0.2, 0.25) is 0 Å². The predicted molar refractivity (Wildman–Crippen MR) is 74.3 cm³/mol. The first-order valence-corrected chi connectivity index (χ1v) is 6.73. The van der Waals surface area contributed by atoms with Crippen molar-refractivity contribution in [3.05, 3.63) is 59.2 Å². The van der Waals surface area contributed by atoms with Gasteiger partial charge in [-0.05, 0) is 12.1 Å². The van der Waals surface area contributed by atoms with Gasteiger partial charge >= 0.3 is 0 Å². The monoisotopic (exact) mass is 283 g/mol. The van der Waals surface area contributed by atoms with E-state index in [9.17, 15) is 9.90 Å². The smallest absolute Gasteiger partial charge is 0.254 e. The number of benzene rings is 2. The first kappa shape index (κ1) is 12.2. The molecule has 4 rings (SSSR count). The van der Waals surface area contributed by atoms with Crippen LogP contribution in [0.5, 0.6) is 11.5 Å². The lowest BCUT2D eigenvalue weighted by atomic mass is 9.94. The highest BCUT2D eigenvalue weighted by Gasteiger charge is 2.44. The van der Waals surface area contributed by atoms with Crippen LogP contribution in [0, 0.1) is 0 Å². The maximum absolute atomic E-state index is 12.2. The third-order valence-corrected chi connectivity index (χ3v) is 3.80. The standard InChI is InChI=1S/C16H13NO4/c18-15-11-8-13-14(21-7-6-20-13)9-12(11)16(19,17-15)10-4-2-1-3-5-10/h1-5,8-9,19H,6-7H2,(H,17,18)/t16-/m1/s1. The molecule has 0 fully saturated rings. The molecule has 0 radical (unpaired) electrons. The second-order valence-corrected chi connectivity index (χ2v) is 5.07. The molecule has 0 bridgehead atoms. The van der Waals surface area contributed by atoms with Crippen LogP contribution in [0.3, 0.4) is 0 Å². The van der Waals surface area contributed by atoms with E-state index in [0.717, 1.165) is 0 Å². The molecular formula is C16H13NO4.